The molecular weight excluding hydrogens is 356 g/mol. The molecule has 1 saturated carbocycles. The van der Waals surface area contributed by atoms with Gasteiger partial charge in [-0.2, -0.15) is 0 Å². The van der Waals surface area contributed by atoms with Crippen molar-refractivity contribution >= 4 is 29.5 Å². The molecule has 1 aromatic rings. The lowest BCUT2D eigenvalue weighted by Gasteiger charge is -2.27. The highest BCUT2D eigenvalue weighted by Crippen LogP contribution is 2.41. The molecule has 8 heteroatoms. The van der Waals surface area contributed by atoms with Crippen LogP contribution in [0, 0.1) is 0 Å². The molecular formula is C18H24N2O5S. The SMILES string of the molecule is CC(=O)N1[C@@H](c2ccco2)SC[C@H]1C(=O)O[C@@H](C)C(=O)NC1CCCC1. The Kier molecular flexibility index (Phi) is 5.90. The molecule has 142 valence electrons. The van der Waals surface area contributed by atoms with Crippen molar-refractivity contribution in [2.75, 3.05) is 5.75 Å². The minimum absolute atomic E-state index is 0.169. The van der Waals surface area contributed by atoms with Gasteiger partial charge in [0.2, 0.25) is 5.91 Å². The average Bonchev–Trinajstić information content (AvgIpc) is 3.34. The third-order valence-corrected chi connectivity index (χ3v) is 6.07. The maximum atomic E-state index is 12.6. The van der Waals surface area contributed by atoms with Crippen LogP contribution in [0.25, 0.3) is 0 Å². The van der Waals surface area contributed by atoms with Crippen molar-refractivity contribution in [3.63, 3.8) is 0 Å². The van der Waals surface area contributed by atoms with Crippen LogP contribution in [0.2, 0.25) is 0 Å². The Morgan fingerprint density at radius 2 is 2.08 bits per heavy atom. The minimum atomic E-state index is -0.885. The summed E-state index contributed by atoms with van der Waals surface area (Å²) in [6.45, 7) is 2.98. The van der Waals surface area contributed by atoms with E-state index in [1.165, 1.54) is 29.8 Å². The smallest absolute Gasteiger partial charge is 0.330 e. The largest absolute Gasteiger partial charge is 0.466 e. The summed E-state index contributed by atoms with van der Waals surface area (Å²) in [5, 5.41) is 2.56. The number of rotatable bonds is 5. The van der Waals surface area contributed by atoms with Crippen LogP contribution in [-0.2, 0) is 19.1 Å². The second-order valence-corrected chi connectivity index (χ2v) is 7.83. The molecule has 1 aliphatic heterocycles. The van der Waals surface area contributed by atoms with Gasteiger partial charge in [-0.25, -0.2) is 4.79 Å². The van der Waals surface area contributed by atoms with Crippen LogP contribution in [0.15, 0.2) is 22.8 Å². The lowest BCUT2D eigenvalue weighted by molar-refractivity contribution is -0.161. The Bertz CT molecular complexity index is 657. The van der Waals surface area contributed by atoms with Gasteiger partial charge in [-0.3, -0.25) is 9.59 Å². The zero-order chi connectivity index (χ0) is 18.7. The van der Waals surface area contributed by atoms with Crippen molar-refractivity contribution in [3.05, 3.63) is 24.2 Å². The van der Waals surface area contributed by atoms with E-state index in [2.05, 4.69) is 5.32 Å². The summed E-state index contributed by atoms with van der Waals surface area (Å²) in [5.41, 5.74) is 0. The van der Waals surface area contributed by atoms with E-state index in [4.69, 9.17) is 9.15 Å². The molecule has 1 N–H and O–H groups in total. The Balaban J connectivity index is 1.61. The van der Waals surface area contributed by atoms with Crippen molar-refractivity contribution < 1.29 is 23.5 Å². The Morgan fingerprint density at radius 1 is 1.35 bits per heavy atom. The highest BCUT2D eigenvalue weighted by molar-refractivity contribution is 7.99. The maximum Gasteiger partial charge on any atom is 0.330 e. The van der Waals surface area contributed by atoms with Crippen molar-refractivity contribution in [1.82, 2.24) is 10.2 Å². The number of ether oxygens (including phenoxy) is 1. The van der Waals surface area contributed by atoms with Gasteiger partial charge in [0.1, 0.15) is 17.2 Å². The molecule has 2 aliphatic rings. The first kappa shape index (κ1) is 18.8. The van der Waals surface area contributed by atoms with Crippen LogP contribution < -0.4 is 5.32 Å². The van der Waals surface area contributed by atoms with E-state index in [-0.39, 0.29) is 23.2 Å². The summed E-state index contributed by atoms with van der Waals surface area (Å²) in [6.07, 6.45) is 4.81. The monoisotopic (exact) mass is 380 g/mol. The predicted molar refractivity (Wildman–Crippen MR) is 96.2 cm³/mol. The number of carbonyl (C=O) groups is 3. The van der Waals surface area contributed by atoms with Crippen molar-refractivity contribution in [2.45, 2.75) is 63.1 Å². The number of esters is 1. The van der Waals surface area contributed by atoms with E-state index in [0.717, 1.165) is 25.7 Å². The highest BCUT2D eigenvalue weighted by Gasteiger charge is 2.43. The predicted octanol–water partition coefficient (Wildman–Crippen LogP) is 2.23. The second-order valence-electron chi connectivity index (χ2n) is 6.71. The summed E-state index contributed by atoms with van der Waals surface area (Å²) in [4.78, 5) is 38.4. The molecule has 3 rings (SSSR count). The van der Waals surface area contributed by atoms with E-state index in [0.29, 0.717) is 11.5 Å². The normalized spacial score (nSPS) is 24.5. The van der Waals surface area contributed by atoms with Gasteiger partial charge in [0, 0.05) is 18.7 Å². The summed E-state index contributed by atoms with van der Waals surface area (Å²) < 4.78 is 10.8. The van der Waals surface area contributed by atoms with Crippen LogP contribution in [0.1, 0.15) is 50.7 Å². The molecule has 1 aliphatic carbocycles. The van der Waals surface area contributed by atoms with Gasteiger partial charge in [0.05, 0.1) is 6.26 Å². The van der Waals surface area contributed by atoms with Gasteiger partial charge < -0.3 is 19.4 Å². The lowest BCUT2D eigenvalue weighted by Crippen LogP contribution is -2.46. The first-order valence-electron chi connectivity index (χ1n) is 8.92. The Labute approximate surface area is 156 Å². The highest BCUT2D eigenvalue weighted by atomic mass is 32.2. The van der Waals surface area contributed by atoms with Gasteiger partial charge in [0.25, 0.3) is 5.91 Å². The van der Waals surface area contributed by atoms with Gasteiger partial charge in [0.15, 0.2) is 6.10 Å². The number of nitrogens with one attached hydrogen (secondary N) is 1. The molecule has 0 radical (unpaired) electrons. The number of nitrogens with zero attached hydrogens (tertiary/aromatic N) is 1. The first-order valence-corrected chi connectivity index (χ1v) is 9.97. The molecule has 2 amide bonds. The van der Waals surface area contributed by atoms with E-state index >= 15 is 0 Å². The van der Waals surface area contributed by atoms with Gasteiger partial charge in [-0.15, -0.1) is 11.8 Å². The summed E-state index contributed by atoms with van der Waals surface area (Å²) in [6, 6.07) is 2.96. The van der Waals surface area contributed by atoms with E-state index < -0.39 is 18.1 Å². The fourth-order valence-corrected chi connectivity index (χ4v) is 4.83. The van der Waals surface area contributed by atoms with Gasteiger partial charge in [-0.1, -0.05) is 12.8 Å². The van der Waals surface area contributed by atoms with Crippen LogP contribution >= 0.6 is 11.8 Å². The molecule has 3 atom stereocenters. The molecule has 0 unspecified atom stereocenters. The third kappa shape index (κ3) is 4.06. The lowest BCUT2D eigenvalue weighted by atomic mass is 10.2. The van der Waals surface area contributed by atoms with Crippen molar-refractivity contribution in [2.24, 2.45) is 0 Å². The van der Waals surface area contributed by atoms with Gasteiger partial charge >= 0.3 is 5.97 Å². The molecule has 0 spiro atoms. The quantitative estimate of drug-likeness (QED) is 0.788. The third-order valence-electron chi connectivity index (χ3n) is 4.79. The molecule has 7 nitrogen and oxygen atoms in total. The van der Waals surface area contributed by atoms with E-state index in [1.54, 1.807) is 19.1 Å². The molecule has 0 aromatic carbocycles. The van der Waals surface area contributed by atoms with Crippen LogP contribution in [-0.4, -0.2) is 46.6 Å². The standard InChI is InChI=1S/C18H24N2O5S/c1-11(16(22)19-13-6-3-4-7-13)25-18(23)14-10-26-17(20(14)12(2)21)15-8-5-9-24-15/h5,8-9,11,13-14,17H,3-4,6-7,10H2,1-2H3,(H,19,22)/t11-,14-,17+/m0/s1. The number of hydrogen-bond donors (Lipinski definition) is 1. The molecule has 2 heterocycles. The number of hydrogen-bond acceptors (Lipinski definition) is 6. The van der Waals surface area contributed by atoms with Gasteiger partial charge in [-0.05, 0) is 31.9 Å². The molecule has 26 heavy (non-hydrogen) atoms. The van der Waals surface area contributed by atoms with Crippen LogP contribution in [0.3, 0.4) is 0 Å². The Morgan fingerprint density at radius 3 is 2.69 bits per heavy atom. The number of thioether (sulfide) groups is 1. The molecule has 1 saturated heterocycles. The fraction of sp³-hybridized carbons (Fsp3) is 0.611. The summed E-state index contributed by atoms with van der Waals surface area (Å²) >= 11 is 1.44. The first-order chi connectivity index (χ1) is 12.5. The Hall–Kier alpha value is -1.96. The summed E-state index contributed by atoms with van der Waals surface area (Å²) in [5.74, 6) is -0.0570. The van der Waals surface area contributed by atoms with Crippen LogP contribution in [0.4, 0.5) is 0 Å². The fourth-order valence-electron chi connectivity index (χ4n) is 3.42. The van der Waals surface area contributed by atoms with Crippen molar-refractivity contribution in [3.8, 4) is 0 Å². The summed E-state index contributed by atoms with van der Waals surface area (Å²) in [7, 11) is 0. The zero-order valence-corrected chi connectivity index (χ0v) is 15.8. The van der Waals surface area contributed by atoms with E-state index in [9.17, 15) is 14.4 Å². The van der Waals surface area contributed by atoms with Crippen molar-refractivity contribution in [1.29, 1.82) is 0 Å². The zero-order valence-electron chi connectivity index (χ0n) is 15.0. The molecule has 0 bridgehead atoms. The topological polar surface area (TPSA) is 88.8 Å². The maximum absolute atomic E-state index is 12.6. The number of furan rings is 1. The molecule has 1 aromatic heterocycles. The second kappa shape index (κ2) is 8.16. The minimum Gasteiger partial charge on any atom is -0.466 e. The van der Waals surface area contributed by atoms with E-state index in [1.807, 2.05) is 0 Å². The molecule has 2 fully saturated rings. The average molecular weight is 380 g/mol. The number of amides is 2. The number of carbonyl (C=O) groups excluding carboxylic acids is 3. The van der Waals surface area contributed by atoms with Crippen LogP contribution in [0.5, 0.6) is 0 Å².